The number of rotatable bonds is 7. The molecular formula is C16H20N2O3S. The van der Waals surface area contributed by atoms with Gasteiger partial charge in [-0.1, -0.05) is 0 Å². The molecular weight excluding hydrogens is 300 g/mol. The minimum Gasteiger partial charge on any atom is -0.497 e. The van der Waals surface area contributed by atoms with Gasteiger partial charge in [0.2, 0.25) is 5.91 Å². The summed E-state index contributed by atoms with van der Waals surface area (Å²) in [5, 5.41) is 14.5. The second kappa shape index (κ2) is 7.91. The van der Waals surface area contributed by atoms with Crippen LogP contribution in [0.1, 0.15) is 18.4 Å². The van der Waals surface area contributed by atoms with E-state index in [-0.39, 0.29) is 18.6 Å². The number of methoxy groups -OCH3 is 1. The van der Waals surface area contributed by atoms with Crippen LogP contribution in [0.5, 0.6) is 5.75 Å². The van der Waals surface area contributed by atoms with Gasteiger partial charge < -0.3 is 15.2 Å². The van der Waals surface area contributed by atoms with E-state index >= 15 is 0 Å². The van der Waals surface area contributed by atoms with Crippen LogP contribution in [-0.2, 0) is 11.2 Å². The van der Waals surface area contributed by atoms with Crippen molar-refractivity contribution in [2.75, 3.05) is 13.7 Å². The Bertz CT molecular complexity index is 610. The zero-order chi connectivity index (χ0) is 15.9. The van der Waals surface area contributed by atoms with E-state index in [1.807, 2.05) is 29.6 Å². The van der Waals surface area contributed by atoms with Gasteiger partial charge in [0.25, 0.3) is 0 Å². The van der Waals surface area contributed by atoms with Crippen LogP contribution in [-0.4, -0.2) is 35.8 Å². The summed E-state index contributed by atoms with van der Waals surface area (Å²) in [6.07, 6.45) is 0.977. The second-order valence-electron chi connectivity index (χ2n) is 5.01. The summed E-state index contributed by atoms with van der Waals surface area (Å²) in [4.78, 5) is 16.2. The number of nitrogens with one attached hydrogen (secondary N) is 1. The molecule has 118 valence electrons. The molecule has 0 aliphatic rings. The van der Waals surface area contributed by atoms with Gasteiger partial charge in [0, 0.05) is 29.8 Å². The molecule has 0 aliphatic heterocycles. The number of amides is 1. The standard InChI is InChI=1S/C16H20N2O3S/c1-11(9-19)17-15(20)7-8-16-18-14(10-22-16)12-3-5-13(21-2)6-4-12/h3-6,10-11,19H,7-9H2,1-2H3,(H,17,20). The highest BCUT2D eigenvalue weighted by Gasteiger charge is 2.09. The number of aliphatic hydroxyl groups excluding tert-OH is 1. The molecule has 0 fully saturated rings. The maximum atomic E-state index is 11.7. The molecule has 1 heterocycles. The molecule has 0 radical (unpaired) electrons. The van der Waals surface area contributed by atoms with Crippen LogP contribution in [0, 0.1) is 0 Å². The first-order chi connectivity index (χ1) is 10.6. The Morgan fingerprint density at radius 3 is 2.77 bits per heavy atom. The van der Waals surface area contributed by atoms with Crippen molar-refractivity contribution in [3.63, 3.8) is 0 Å². The van der Waals surface area contributed by atoms with E-state index in [0.717, 1.165) is 22.0 Å². The fraction of sp³-hybridized carbons (Fsp3) is 0.375. The number of nitrogens with zero attached hydrogens (tertiary/aromatic N) is 1. The van der Waals surface area contributed by atoms with E-state index in [0.29, 0.717) is 12.8 Å². The van der Waals surface area contributed by atoms with Crippen LogP contribution in [0.2, 0.25) is 0 Å². The number of thiazole rings is 1. The maximum absolute atomic E-state index is 11.7. The maximum Gasteiger partial charge on any atom is 0.220 e. The van der Waals surface area contributed by atoms with E-state index in [9.17, 15) is 4.79 Å². The van der Waals surface area contributed by atoms with Crippen LogP contribution in [0.15, 0.2) is 29.6 Å². The summed E-state index contributed by atoms with van der Waals surface area (Å²) >= 11 is 1.55. The number of aliphatic hydroxyl groups is 1. The van der Waals surface area contributed by atoms with Crippen molar-refractivity contribution in [2.24, 2.45) is 0 Å². The smallest absolute Gasteiger partial charge is 0.220 e. The van der Waals surface area contributed by atoms with Crippen molar-refractivity contribution in [1.82, 2.24) is 10.3 Å². The van der Waals surface area contributed by atoms with Gasteiger partial charge in [-0.25, -0.2) is 4.98 Å². The van der Waals surface area contributed by atoms with Crippen molar-refractivity contribution in [1.29, 1.82) is 0 Å². The van der Waals surface area contributed by atoms with Crippen LogP contribution in [0.4, 0.5) is 0 Å². The predicted octanol–water partition coefficient (Wildman–Crippen LogP) is 2.25. The van der Waals surface area contributed by atoms with Gasteiger partial charge in [-0.15, -0.1) is 11.3 Å². The average molecular weight is 320 g/mol. The monoisotopic (exact) mass is 320 g/mol. The first-order valence-corrected chi connectivity index (χ1v) is 7.99. The number of benzene rings is 1. The molecule has 1 aromatic carbocycles. The Hall–Kier alpha value is -1.92. The van der Waals surface area contributed by atoms with Crippen LogP contribution in [0.25, 0.3) is 11.3 Å². The van der Waals surface area contributed by atoms with E-state index in [1.54, 1.807) is 25.4 Å². The average Bonchev–Trinajstić information content (AvgIpc) is 3.02. The van der Waals surface area contributed by atoms with E-state index in [2.05, 4.69) is 10.3 Å². The number of carbonyl (C=O) groups excluding carboxylic acids is 1. The molecule has 0 bridgehead atoms. The molecule has 1 aromatic heterocycles. The van der Waals surface area contributed by atoms with Gasteiger partial charge in [-0.2, -0.15) is 0 Å². The molecule has 22 heavy (non-hydrogen) atoms. The minimum atomic E-state index is -0.210. The number of aryl methyl sites for hydroxylation is 1. The Balaban J connectivity index is 1.92. The molecule has 0 spiro atoms. The molecule has 6 heteroatoms. The van der Waals surface area contributed by atoms with Crippen molar-refractivity contribution < 1.29 is 14.6 Å². The lowest BCUT2D eigenvalue weighted by molar-refractivity contribution is -0.121. The highest BCUT2D eigenvalue weighted by Crippen LogP contribution is 2.24. The molecule has 1 atom stereocenters. The van der Waals surface area contributed by atoms with Gasteiger partial charge >= 0.3 is 0 Å². The third-order valence-electron chi connectivity index (χ3n) is 3.18. The molecule has 1 amide bonds. The highest BCUT2D eigenvalue weighted by atomic mass is 32.1. The lowest BCUT2D eigenvalue weighted by Gasteiger charge is -2.09. The third-order valence-corrected chi connectivity index (χ3v) is 4.09. The first-order valence-electron chi connectivity index (χ1n) is 7.11. The summed E-state index contributed by atoms with van der Waals surface area (Å²) in [5.74, 6) is 0.747. The molecule has 0 saturated heterocycles. The largest absolute Gasteiger partial charge is 0.497 e. The van der Waals surface area contributed by atoms with Gasteiger partial charge in [0.05, 0.1) is 24.4 Å². The van der Waals surface area contributed by atoms with Crippen molar-refractivity contribution in [3.05, 3.63) is 34.7 Å². The van der Waals surface area contributed by atoms with Gasteiger partial charge in [0.15, 0.2) is 0 Å². The summed E-state index contributed by atoms with van der Waals surface area (Å²) in [6.45, 7) is 1.72. The lowest BCUT2D eigenvalue weighted by Crippen LogP contribution is -2.35. The molecule has 0 saturated carbocycles. The van der Waals surface area contributed by atoms with Gasteiger partial charge in [0.1, 0.15) is 5.75 Å². The second-order valence-corrected chi connectivity index (χ2v) is 5.95. The Kier molecular flexibility index (Phi) is 5.91. The van der Waals surface area contributed by atoms with Crippen LogP contribution in [0.3, 0.4) is 0 Å². The summed E-state index contributed by atoms with van der Waals surface area (Å²) < 4.78 is 5.14. The third kappa shape index (κ3) is 4.54. The normalized spacial score (nSPS) is 12.0. The van der Waals surface area contributed by atoms with Crippen LogP contribution >= 0.6 is 11.3 Å². The first kappa shape index (κ1) is 16.5. The number of ether oxygens (including phenoxy) is 1. The fourth-order valence-electron chi connectivity index (χ4n) is 1.93. The van der Waals surface area contributed by atoms with Gasteiger partial charge in [-0.3, -0.25) is 4.79 Å². The van der Waals surface area contributed by atoms with Crippen molar-refractivity contribution in [2.45, 2.75) is 25.8 Å². The Labute approximate surface area is 134 Å². The van der Waals surface area contributed by atoms with E-state index < -0.39 is 0 Å². The van der Waals surface area contributed by atoms with Crippen molar-refractivity contribution in [3.8, 4) is 17.0 Å². The number of aromatic nitrogens is 1. The topological polar surface area (TPSA) is 71.5 Å². The van der Waals surface area contributed by atoms with Crippen molar-refractivity contribution >= 4 is 17.2 Å². The molecule has 0 aliphatic carbocycles. The van der Waals surface area contributed by atoms with E-state index in [4.69, 9.17) is 9.84 Å². The summed E-state index contributed by atoms with van der Waals surface area (Å²) in [6, 6.07) is 7.52. The SMILES string of the molecule is COc1ccc(-c2csc(CCC(=O)NC(C)CO)n2)cc1. The van der Waals surface area contributed by atoms with E-state index in [1.165, 1.54) is 0 Å². The quantitative estimate of drug-likeness (QED) is 0.821. The number of carbonyl (C=O) groups is 1. The molecule has 2 N–H and O–H groups in total. The number of hydrogen-bond donors (Lipinski definition) is 2. The summed E-state index contributed by atoms with van der Waals surface area (Å²) in [7, 11) is 1.64. The van der Waals surface area contributed by atoms with Crippen LogP contribution < -0.4 is 10.1 Å². The molecule has 2 aromatic rings. The molecule has 1 unspecified atom stereocenters. The van der Waals surface area contributed by atoms with Gasteiger partial charge in [-0.05, 0) is 31.2 Å². The lowest BCUT2D eigenvalue weighted by atomic mass is 10.2. The highest BCUT2D eigenvalue weighted by molar-refractivity contribution is 7.09. The minimum absolute atomic E-state index is 0.0510. The molecule has 5 nitrogen and oxygen atoms in total. The zero-order valence-electron chi connectivity index (χ0n) is 12.7. The number of hydrogen-bond acceptors (Lipinski definition) is 5. The summed E-state index contributed by atoms with van der Waals surface area (Å²) in [5.41, 5.74) is 1.94. The Morgan fingerprint density at radius 1 is 1.41 bits per heavy atom. The zero-order valence-corrected chi connectivity index (χ0v) is 13.5. The fourth-order valence-corrected chi connectivity index (χ4v) is 2.74. The Morgan fingerprint density at radius 2 is 2.14 bits per heavy atom. The predicted molar refractivity (Wildman–Crippen MR) is 87.1 cm³/mol. The molecule has 2 rings (SSSR count).